The van der Waals surface area contributed by atoms with Crippen LogP contribution >= 0.6 is 22.9 Å². The van der Waals surface area contributed by atoms with Crippen LogP contribution in [0, 0.1) is 0 Å². The summed E-state index contributed by atoms with van der Waals surface area (Å²) in [6, 6.07) is 23.8. The molecule has 1 N–H and O–H groups in total. The van der Waals surface area contributed by atoms with Crippen LogP contribution in [0.15, 0.2) is 89.1 Å². The molecule has 146 valence electrons. The number of hydrogen-bond acceptors (Lipinski definition) is 4. The van der Waals surface area contributed by atoms with E-state index in [0.717, 1.165) is 27.4 Å². The zero-order valence-electron chi connectivity index (χ0n) is 15.2. The molecular weight excluding hydrogens is 424 g/mol. The van der Waals surface area contributed by atoms with Gasteiger partial charge in [-0.1, -0.05) is 60.1 Å². The van der Waals surface area contributed by atoms with Gasteiger partial charge < -0.3 is 0 Å². The van der Waals surface area contributed by atoms with Gasteiger partial charge in [-0.05, 0) is 35.9 Å². The lowest BCUT2D eigenvalue weighted by atomic mass is 10.1. The number of sulfonamides is 1. The molecule has 0 aliphatic carbocycles. The maximum atomic E-state index is 12.5. The molecule has 0 radical (unpaired) electrons. The van der Waals surface area contributed by atoms with Crippen molar-refractivity contribution in [3.05, 3.63) is 94.8 Å². The highest BCUT2D eigenvalue weighted by Gasteiger charge is 2.14. The van der Waals surface area contributed by atoms with Gasteiger partial charge in [0.25, 0.3) is 0 Å². The van der Waals surface area contributed by atoms with E-state index in [1.54, 1.807) is 23.5 Å². The molecule has 0 amide bonds. The maximum Gasteiger partial charge on any atom is 0.240 e. The van der Waals surface area contributed by atoms with E-state index in [1.807, 2.05) is 60.0 Å². The summed E-state index contributed by atoms with van der Waals surface area (Å²) < 4.78 is 27.6. The Labute approximate surface area is 178 Å². The standard InChI is InChI=1S/C22H17ClN2O2S2/c23-19-9-11-20(12-10-19)29(26,27)24-14-16-5-4-8-18(13-16)22-25-21(15-28-22)17-6-2-1-3-7-17/h1-13,15,24H,14H2. The first-order valence-corrected chi connectivity index (χ1v) is 11.6. The molecule has 29 heavy (non-hydrogen) atoms. The highest BCUT2D eigenvalue weighted by atomic mass is 35.5. The molecule has 0 aliphatic rings. The van der Waals surface area contributed by atoms with E-state index in [-0.39, 0.29) is 11.4 Å². The predicted octanol–water partition coefficient (Wildman–Crippen LogP) is 5.61. The first-order valence-electron chi connectivity index (χ1n) is 8.87. The monoisotopic (exact) mass is 440 g/mol. The van der Waals surface area contributed by atoms with Gasteiger partial charge in [-0.2, -0.15) is 0 Å². The molecule has 4 aromatic rings. The zero-order chi connectivity index (χ0) is 20.3. The minimum atomic E-state index is -3.61. The smallest absolute Gasteiger partial charge is 0.236 e. The highest BCUT2D eigenvalue weighted by Crippen LogP contribution is 2.29. The molecule has 0 aliphatic heterocycles. The normalized spacial score (nSPS) is 11.5. The molecule has 0 saturated carbocycles. The van der Waals surface area contributed by atoms with E-state index in [2.05, 4.69) is 4.72 Å². The largest absolute Gasteiger partial charge is 0.240 e. The molecular formula is C22H17ClN2O2S2. The van der Waals surface area contributed by atoms with Gasteiger partial charge in [0, 0.05) is 28.1 Å². The van der Waals surface area contributed by atoms with Gasteiger partial charge in [0.05, 0.1) is 10.6 Å². The van der Waals surface area contributed by atoms with Gasteiger partial charge in [0.1, 0.15) is 5.01 Å². The second-order valence-corrected chi connectivity index (χ2v) is 9.44. The lowest BCUT2D eigenvalue weighted by molar-refractivity contribution is 0.581. The Morgan fingerprint density at radius 1 is 0.897 bits per heavy atom. The molecule has 0 atom stereocenters. The molecule has 0 saturated heterocycles. The molecule has 0 bridgehead atoms. The number of halogens is 1. The van der Waals surface area contributed by atoms with Crippen molar-refractivity contribution in [3.63, 3.8) is 0 Å². The first kappa shape index (κ1) is 19.8. The Hall–Kier alpha value is -2.51. The average Bonchev–Trinajstić information content (AvgIpc) is 3.24. The summed E-state index contributed by atoms with van der Waals surface area (Å²) in [6.07, 6.45) is 0. The second-order valence-electron chi connectivity index (χ2n) is 6.38. The van der Waals surface area contributed by atoms with E-state index < -0.39 is 10.0 Å². The van der Waals surface area contributed by atoms with E-state index in [0.29, 0.717) is 5.02 Å². The summed E-state index contributed by atoms with van der Waals surface area (Å²) in [6.45, 7) is 0.190. The average molecular weight is 441 g/mol. The summed E-state index contributed by atoms with van der Waals surface area (Å²) >= 11 is 7.40. The van der Waals surface area contributed by atoms with Crippen LogP contribution in [0.4, 0.5) is 0 Å². The minimum absolute atomic E-state index is 0.186. The third kappa shape index (κ3) is 4.74. The lowest BCUT2D eigenvalue weighted by Gasteiger charge is -2.08. The Balaban J connectivity index is 1.51. The summed E-state index contributed by atoms with van der Waals surface area (Å²) in [4.78, 5) is 4.91. The Morgan fingerprint density at radius 2 is 1.62 bits per heavy atom. The number of nitrogens with one attached hydrogen (secondary N) is 1. The van der Waals surface area contributed by atoms with Crippen molar-refractivity contribution >= 4 is 33.0 Å². The van der Waals surface area contributed by atoms with Gasteiger partial charge >= 0.3 is 0 Å². The Bertz CT molecular complexity index is 1220. The number of thiazole rings is 1. The Morgan fingerprint density at radius 3 is 2.38 bits per heavy atom. The summed E-state index contributed by atoms with van der Waals surface area (Å²) in [5.41, 5.74) is 3.82. The molecule has 4 rings (SSSR count). The van der Waals surface area contributed by atoms with Crippen molar-refractivity contribution in [1.29, 1.82) is 0 Å². The van der Waals surface area contributed by atoms with Gasteiger partial charge in [-0.15, -0.1) is 11.3 Å². The molecule has 0 spiro atoms. The van der Waals surface area contributed by atoms with Crippen LogP contribution in [0.2, 0.25) is 5.02 Å². The van der Waals surface area contributed by atoms with Crippen LogP contribution < -0.4 is 4.72 Å². The van der Waals surface area contributed by atoms with Crippen LogP contribution in [0.3, 0.4) is 0 Å². The van der Waals surface area contributed by atoms with E-state index >= 15 is 0 Å². The topological polar surface area (TPSA) is 59.1 Å². The van der Waals surface area contributed by atoms with Gasteiger partial charge in [0.15, 0.2) is 0 Å². The SMILES string of the molecule is O=S(=O)(NCc1cccc(-c2nc(-c3ccccc3)cs2)c1)c1ccc(Cl)cc1. The first-order chi connectivity index (χ1) is 14.0. The van der Waals surface area contributed by atoms with Crippen LogP contribution in [0.5, 0.6) is 0 Å². The summed E-state index contributed by atoms with van der Waals surface area (Å²) in [5.74, 6) is 0. The molecule has 7 heteroatoms. The molecule has 0 fully saturated rings. The third-order valence-corrected chi connectivity index (χ3v) is 6.90. The van der Waals surface area contributed by atoms with E-state index in [1.165, 1.54) is 12.1 Å². The lowest BCUT2D eigenvalue weighted by Crippen LogP contribution is -2.23. The molecule has 0 unspecified atom stereocenters. The van der Waals surface area contributed by atoms with Crippen LogP contribution in [-0.2, 0) is 16.6 Å². The second kappa shape index (κ2) is 8.47. The van der Waals surface area contributed by atoms with Crippen LogP contribution in [0.1, 0.15) is 5.56 Å². The molecule has 1 heterocycles. The van der Waals surface area contributed by atoms with Crippen molar-refractivity contribution in [2.45, 2.75) is 11.4 Å². The molecule has 4 nitrogen and oxygen atoms in total. The quantitative estimate of drug-likeness (QED) is 0.424. The van der Waals surface area contributed by atoms with Crippen LogP contribution in [-0.4, -0.2) is 13.4 Å². The number of nitrogens with zero attached hydrogens (tertiary/aromatic N) is 1. The minimum Gasteiger partial charge on any atom is -0.236 e. The van der Waals surface area contributed by atoms with Gasteiger partial charge in [0.2, 0.25) is 10.0 Å². The fraction of sp³-hybridized carbons (Fsp3) is 0.0455. The third-order valence-electron chi connectivity index (χ3n) is 4.34. The zero-order valence-corrected chi connectivity index (χ0v) is 17.6. The van der Waals surface area contributed by atoms with E-state index in [9.17, 15) is 8.42 Å². The van der Waals surface area contributed by atoms with Crippen LogP contribution in [0.25, 0.3) is 21.8 Å². The van der Waals surface area contributed by atoms with Crippen molar-refractivity contribution in [2.75, 3.05) is 0 Å². The van der Waals surface area contributed by atoms with Gasteiger partial charge in [-0.3, -0.25) is 0 Å². The number of benzene rings is 3. The molecule has 1 aromatic heterocycles. The summed E-state index contributed by atoms with van der Waals surface area (Å²) in [7, 11) is -3.61. The fourth-order valence-electron chi connectivity index (χ4n) is 2.84. The Kier molecular flexibility index (Phi) is 5.78. The predicted molar refractivity (Wildman–Crippen MR) is 118 cm³/mol. The summed E-state index contributed by atoms with van der Waals surface area (Å²) in [5, 5.41) is 3.42. The fourth-order valence-corrected chi connectivity index (χ4v) is 4.81. The number of aromatic nitrogens is 1. The highest BCUT2D eigenvalue weighted by molar-refractivity contribution is 7.89. The van der Waals surface area contributed by atoms with E-state index in [4.69, 9.17) is 16.6 Å². The maximum absolute atomic E-state index is 12.5. The van der Waals surface area contributed by atoms with Crippen molar-refractivity contribution in [1.82, 2.24) is 9.71 Å². The number of hydrogen-bond donors (Lipinski definition) is 1. The van der Waals surface area contributed by atoms with Gasteiger partial charge in [-0.25, -0.2) is 18.1 Å². The molecule has 3 aromatic carbocycles. The van der Waals surface area contributed by atoms with Crippen molar-refractivity contribution in [3.8, 4) is 21.8 Å². The van der Waals surface area contributed by atoms with Crippen molar-refractivity contribution in [2.24, 2.45) is 0 Å². The number of rotatable bonds is 6. The van der Waals surface area contributed by atoms with Crippen molar-refractivity contribution < 1.29 is 8.42 Å².